The van der Waals surface area contributed by atoms with Gasteiger partial charge < -0.3 is 16.2 Å². The summed E-state index contributed by atoms with van der Waals surface area (Å²) in [5.41, 5.74) is 12.7. The van der Waals surface area contributed by atoms with Crippen LogP contribution in [0.4, 0.5) is 0 Å². The summed E-state index contributed by atoms with van der Waals surface area (Å²) < 4.78 is 5.61. The summed E-state index contributed by atoms with van der Waals surface area (Å²) >= 11 is 11.0. The molecule has 0 heterocycles. The Bertz CT molecular complexity index is 687. The Morgan fingerprint density at radius 2 is 1.71 bits per heavy atom. The maximum atomic E-state index is 11.0. The molecule has 0 fully saturated rings. The van der Waals surface area contributed by atoms with E-state index < -0.39 is 5.91 Å². The average molecular weight is 321 g/mol. The number of nitrogens with two attached hydrogens (primary N) is 2. The molecule has 4 N–H and O–H groups in total. The van der Waals surface area contributed by atoms with E-state index in [1.807, 2.05) is 6.07 Å². The van der Waals surface area contributed by atoms with Gasteiger partial charge in [0.15, 0.2) is 0 Å². The topological polar surface area (TPSA) is 78.3 Å². The second-order valence-electron chi connectivity index (χ2n) is 4.35. The van der Waals surface area contributed by atoms with Crippen molar-refractivity contribution >= 4 is 34.7 Å². The van der Waals surface area contributed by atoms with E-state index in [-0.39, 0.29) is 0 Å². The van der Waals surface area contributed by atoms with Crippen molar-refractivity contribution in [2.24, 2.45) is 11.5 Å². The lowest BCUT2D eigenvalue weighted by Crippen LogP contribution is -2.10. The smallest absolute Gasteiger partial charge is 0.248 e. The largest absolute Gasteiger partial charge is 0.489 e. The molecule has 2 aromatic rings. The first-order chi connectivity index (χ1) is 9.97. The molecule has 0 saturated carbocycles. The van der Waals surface area contributed by atoms with Crippen molar-refractivity contribution in [1.29, 1.82) is 0 Å². The van der Waals surface area contributed by atoms with Gasteiger partial charge in [0.25, 0.3) is 0 Å². The van der Waals surface area contributed by atoms with Crippen molar-refractivity contribution in [2.45, 2.75) is 6.61 Å². The molecule has 108 valence electrons. The van der Waals surface area contributed by atoms with Gasteiger partial charge in [-0.15, -0.1) is 0 Å². The number of rotatable bonds is 5. The van der Waals surface area contributed by atoms with Crippen molar-refractivity contribution in [3.63, 3.8) is 0 Å². The highest BCUT2D eigenvalue weighted by molar-refractivity contribution is 7.80. The molecule has 0 atom stereocenters. The molecule has 0 aliphatic carbocycles. The fourth-order valence-corrected chi connectivity index (χ4v) is 2.06. The van der Waals surface area contributed by atoms with E-state index >= 15 is 0 Å². The molecule has 0 aliphatic rings. The van der Waals surface area contributed by atoms with Gasteiger partial charge in [0.1, 0.15) is 17.3 Å². The van der Waals surface area contributed by atoms with E-state index in [0.29, 0.717) is 33.5 Å². The predicted molar refractivity (Wildman–Crippen MR) is 86.6 cm³/mol. The Kier molecular flexibility index (Phi) is 4.77. The van der Waals surface area contributed by atoms with Gasteiger partial charge in [-0.3, -0.25) is 4.79 Å². The SMILES string of the molecule is NC(=O)c1ccc(OCc2ccc(C(N)=S)cc2Cl)cc1. The Labute approximate surface area is 132 Å². The van der Waals surface area contributed by atoms with Gasteiger partial charge in [0, 0.05) is 21.7 Å². The standard InChI is InChI=1S/C15H13ClN2O2S/c16-13-7-10(15(18)21)1-2-11(13)8-20-12-5-3-9(4-6-12)14(17)19/h1-7H,8H2,(H2,17,19)(H2,18,21). The lowest BCUT2D eigenvalue weighted by atomic mass is 10.1. The number of thiocarbonyl (C=S) groups is 1. The quantitative estimate of drug-likeness (QED) is 0.830. The van der Waals surface area contributed by atoms with Crippen molar-refractivity contribution in [3.8, 4) is 5.75 Å². The number of primary amides is 1. The number of hydrogen-bond acceptors (Lipinski definition) is 3. The second-order valence-corrected chi connectivity index (χ2v) is 5.19. The van der Waals surface area contributed by atoms with E-state index in [0.717, 1.165) is 5.56 Å². The number of amides is 1. The molecular weight excluding hydrogens is 308 g/mol. The zero-order valence-corrected chi connectivity index (χ0v) is 12.6. The zero-order chi connectivity index (χ0) is 15.4. The highest BCUT2D eigenvalue weighted by Gasteiger charge is 2.05. The van der Waals surface area contributed by atoms with Crippen LogP contribution in [0.5, 0.6) is 5.75 Å². The van der Waals surface area contributed by atoms with Gasteiger partial charge in [0.2, 0.25) is 5.91 Å². The summed E-state index contributed by atoms with van der Waals surface area (Å²) in [5.74, 6) is 0.146. The van der Waals surface area contributed by atoms with Crippen LogP contribution >= 0.6 is 23.8 Å². The van der Waals surface area contributed by atoms with Crippen LogP contribution < -0.4 is 16.2 Å². The van der Waals surface area contributed by atoms with Crippen molar-refractivity contribution in [3.05, 3.63) is 64.2 Å². The van der Waals surface area contributed by atoms with Crippen LogP contribution in [0, 0.1) is 0 Å². The predicted octanol–water partition coefficient (Wildman–Crippen LogP) is 2.65. The van der Waals surface area contributed by atoms with Crippen molar-refractivity contribution in [2.75, 3.05) is 0 Å². The van der Waals surface area contributed by atoms with Crippen LogP contribution in [-0.4, -0.2) is 10.9 Å². The summed E-state index contributed by atoms with van der Waals surface area (Å²) in [6, 6.07) is 11.9. The summed E-state index contributed by atoms with van der Waals surface area (Å²) in [5, 5.41) is 0.536. The highest BCUT2D eigenvalue weighted by Crippen LogP contribution is 2.21. The number of halogens is 1. The third-order valence-electron chi connectivity index (χ3n) is 2.87. The molecule has 2 aromatic carbocycles. The van der Waals surface area contributed by atoms with E-state index in [1.54, 1.807) is 36.4 Å². The van der Waals surface area contributed by atoms with Gasteiger partial charge in [0.05, 0.1) is 0 Å². The molecule has 0 radical (unpaired) electrons. The molecule has 1 amide bonds. The van der Waals surface area contributed by atoms with E-state index in [1.165, 1.54) is 0 Å². The number of hydrogen-bond donors (Lipinski definition) is 2. The molecule has 4 nitrogen and oxygen atoms in total. The third-order valence-corrected chi connectivity index (χ3v) is 3.46. The lowest BCUT2D eigenvalue weighted by Gasteiger charge is -2.09. The first kappa shape index (κ1) is 15.3. The Hall–Kier alpha value is -2.11. The molecule has 0 aromatic heterocycles. The van der Waals surface area contributed by atoms with Crippen LogP contribution in [0.2, 0.25) is 5.02 Å². The number of ether oxygens (including phenoxy) is 1. The van der Waals surface area contributed by atoms with Crippen LogP contribution in [0.3, 0.4) is 0 Å². The maximum absolute atomic E-state index is 11.0. The molecule has 6 heteroatoms. The Morgan fingerprint density at radius 3 is 2.24 bits per heavy atom. The Balaban J connectivity index is 2.06. The van der Waals surface area contributed by atoms with Crippen molar-refractivity contribution in [1.82, 2.24) is 0 Å². The number of carbonyl (C=O) groups is 1. The van der Waals surface area contributed by atoms with Crippen LogP contribution in [-0.2, 0) is 6.61 Å². The second kappa shape index (κ2) is 6.56. The highest BCUT2D eigenvalue weighted by atomic mass is 35.5. The van der Waals surface area contributed by atoms with Gasteiger partial charge in [-0.05, 0) is 30.3 Å². The van der Waals surface area contributed by atoms with Crippen LogP contribution in [0.1, 0.15) is 21.5 Å². The molecule has 2 rings (SSSR count). The first-order valence-electron chi connectivity index (χ1n) is 6.08. The normalized spacial score (nSPS) is 10.1. The fraction of sp³-hybridized carbons (Fsp3) is 0.0667. The fourth-order valence-electron chi connectivity index (χ4n) is 1.69. The van der Waals surface area contributed by atoms with Gasteiger partial charge in [-0.2, -0.15) is 0 Å². The zero-order valence-electron chi connectivity index (χ0n) is 11.0. The summed E-state index contributed by atoms with van der Waals surface area (Å²) in [4.78, 5) is 11.3. The third kappa shape index (κ3) is 3.93. The van der Waals surface area contributed by atoms with E-state index in [2.05, 4.69) is 0 Å². The monoisotopic (exact) mass is 320 g/mol. The average Bonchev–Trinajstić information content (AvgIpc) is 2.46. The van der Waals surface area contributed by atoms with Gasteiger partial charge in [-0.25, -0.2) is 0 Å². The summed E-state index contributed by atoms with van der Waals surface area (Å²) in [6.07, 6.45) is 0. The molecule has 21 heavy (non-hydrogen) atoms. The van der Waals surface area contributed by atoms with Crippen LogP contribution in [0.25, 0.3) is 0 Å². The van der Waals surface area contributed by atoms with E-state index in [4.69, 9.17) is 40.0 Å². The lowest BCUT2D eigenvalue weighted by molar-refractivity contribution is 0.100. The van der Waals surface area contributed by atoms with Crippen LogP contribution in [0.15, 0.2) is 42.5 Å². The minimum Gasteiger partial charge on any atom is -0.489 e. The molecule has 0 unspecified atom stereocenters. The molecule has 0 aliphatic heterocycles. The minimum absolute atomic E-state index is 0.298. The molecule has 0 saturated heterocycles. The Morgan fingerprint density at radius 1 is 1.10 bits per heavy atom. The maximum Gasteiger partial charge on any atom is 0.248 e. The number of benzene rings is 2. The van der Waals surface area contributed by atoms with E-state index in [9.17, 15) is 4.79 Å². The molecule has 0 bridgehead atoms. The summed E-state index contributed by atoms with van der Waals surface area (Å²) in [6.45, 7) is 0.298. The van der Waals surface area contributed by atoms with Gasteiger partial charge in [-0.1, -0.05) is 36.0 Å². The minimum atomic E-state index is -0.474. The summed E-state index contributed by atoms with van der Waals surface area (Å²) in [7, 11) is 0. The number of carbonyl (C=O) groups excluding carboxylic acids is 1. The molecule has 0 spiro atoms. The molecular formula is C15H13ClN2O2S. The first-order valence-corrected chi connectivity index (χ1v) is 6.87. The van der Waals surface area contributed by atoms with Crippen molar-refractivity contribution < 1.29 is 9.53 Å². The van der Waals surface area contributed by atoms with Gasteiger partial charge >= 0.3 is 0 Å².